The van der Waals surface area contributed by atoms with Crippen LogP contribution in [0.5, 0.6) is 0 Å². The zero-order valence-corrected chi connectivity index (χ0v) is 11.9. The Labute approximate surface area is 117 Å². The maximum atomic E-state index is 11.6. The van der Waals surface area contributed by atoms with Crippen molar-refractivity contribution in [2.75, 3.05) is 11.9 Å². The van der Waals surface area contributed by atoms with E-state index in [9.17, 15) is 4.79 Å². The summed E-state index contributed by atoms with van der Waals surface area (Å²) in [5.41, 5.74) is 2.14. The van der Waals surface area contributed by atoms with E-state index in [1.54, 1.807) is 13.0 Å². The molecule has 0 bridgehead atoms. The summed E-state index contributed by atoms with van der Waals surface area (Å²) in [6.07, 6.45) is 0.813. The summed E-state index contributed by atoms with van der Waals surface area (Å²) in [6, 6.07) is 3.41. The van der Waals surface area contributed by atoms with Crippen LogP contribution in [0.15, 0.2) is 16.7 Å². The van der Waals surface area contributed by atoms with Crippen LogP contribution in [-0.4, -0.2) is 27.5 Å². The summed E-state index contributed by atoms with van der Waals surface area (Å²) >= 11 is 0. The lowest BCUT2D eigenvalue weighted by molar-refractivity contribution is 0.251. The number of rotatable bonds is 5. The van der Waals surface area contributed by atoms with Crippen molar-refractivity contribution < 1.29 is 9.32 Å². The van der Waals surface area contributed by atoms with Gasteiger partial charge in [0.2, 0.25) is 0 Å². The van der Waals surface area contributed by atoms with Crippen molar-refractivity contribution in [3.63, 3.8) is 0 Å². The second-order valence-electron chi connectivity index (χ2n) is 4.71. The molecule has 2 N–H and O–H groups in total. The van der Waals surface area contributed by atoms with Crippen molar-refractivity contribution in [1.29, 1.82) is 0 Å². The first-order chi connectivity index (χ1) is 9.54. The summed E-state index contributed by atoms with van der Waals surface area (Å²) in [4.78, 5) is 11.6. The minimum atomic E-state index is -0.285. The number of aromatic nitrogens is 3. The summed E-state index contributed by atoms with van der Waals surface area (Å²) in [7, 11) is 0. The molecule has 2 aromatic rings. The Morgan fingerprint density at radius 3 is 2.75 bits per heavy atom. The van der Waals surface area contributed by atoms with Gasteiger partial charge in [0, 0.05) is 24.8 Å². The number of amides is 2. The number of anilines is 1. The molecule has 0 fully saturated rings. The normalized spacial score (nSPS) is 10.6. The molecule has 108 valence electrons. The first kappa shape index (κ1) is 14.1. The highest BCUT2D eigenvalue weighted by molar-refractivity contribution is 5.88. The molecule has 2 rings (SSSR count). The van der Waals surface area contributed by atoms with Crippen LogP contribution in [0.4, 0.5) is 10.6 Å². The van der Waals surface area contributed by atoms with Crippen molar-refractivity contribution in [3.05, 3.63) is 29.3 Å². The highest BCUT2D eigenvalue weighted by Gasteiger charge is 2.05. The molecule has 0 aliphatic heterocycles. The lowest BCUT2D eigenvalue weighted by Gasteiger charge is -2.06. The molecule has 7 heteroatoms. The number of carbonyl (C=O) groups excluding carboxylic acids is 1. The number of urea groups is 1. The molecular formula is C13H19N5O2. The van der Waals surface area contributed by atoms with Gasteiger partial charge < -0.3 is 9.84 Å². The monoisotopic (exact) mass is 277 g/mol. The molecular weight excluding hydrogens is 258 g/mol. The Bertz CT molecular complexity index is 587. The third kappa shape index (κ3) is 3.84. The largest absolute Gasteiger partial charge is 0.360 e. The molecule has 0 spiro atoms. The number of nitrogens with one attached hydrogen (secondary N) is 2. The second-order valence-corrected chi connectivity index (χ2v) is 4.71. The number of carbonyl (C=O) groups is 1. The second kappa shape index (κ2) is 6.23. The van der Waals surface area contributed by atoms with Gasteiger partial charge in [-0.2, -0.15) is 5.10 Å². The first-order valence-electron chi connectivity index (χ1n) is 6.54. The summed E-state index contributed by atoms with van der Waals surface area (Å²) in [5, 5.41) is 13.4. The SMILES string of the molecule is Cc1cc(C)n(CCCNC(=O)Nc2cc(C)on2)n1. The summed E-state index contributed by atoms with van der Waals surface area (Å²) < 4.78 is 6.80. The Kier molecular flexibility index (Phi) is 4.39. The molecule has 0 saturated heterocycles. The van der Waals surface area contributed by atoms with E-state index >= 15 is 0 Å². The fraction of sp³-hybridized carbons (Fsp3) is 0.462. The molecule has 2 aromatic heterocycles. The lowest BCUT2D eigenvalue weighted by Crippen LogP contribution is -2.30. The smallest absolute Gasteiger partial charge is 0.320 e. The topological polar surface area (TPSA) is 85.0 Å². The maximum absolute atomic E-state index is 11.6. The van der Waals surface area contributed by atoms with E-state index in [4.69, 9.17) is 4.52 Å². The molecule has 0 unspecified atom stereocenters. The zero-order chi connectivity index (χ0) is 14.5. The van der Waals surface area contributed by atoms with Crippen LogP contribution < -0.4 is 10.6 Å². The van der Waals surface area contributed by atoms with Crippen LogP contribution in [0.3, 0.4) is 0 Å². The lowest BCUT2D eigenvalue weighted by atomic mass is 10.4. The Balaban J connectivity index is 1.68. The number of aryl methyl sites for hydroxylation is 4. The maximum Gasteiger partial charge on any atom is 0.320 e. The van der Waals surface area contributed by atoms with Crippen LogP contribution in [-0.2, 0) is 6.54 Å². The molecule has 20 heavy (non-hydrogen) atoms. The third-order valence-electron chi connectivity index (χ3n) is 2.81. The van der Waals surface area contributed by atoms with E-state index in [1.165, 1.54) is 0 Å². The van der Waals surface area contributed by atoms with Gasteiger partial charge in [-0.1, -0.05) is 5.16 Å². The third-order valence-corrected chi connectivity index (χ3v) is 2.81. The van der Waals surface area contributed by atoms with Gasteiger partial charge in [0.25, 0.3) is 0 Å². The number of hydrogen-bond donors (Lipinski definition) is 2. The quantitative estimate of drug-likeness (QED) is 0.819. The van der Waals surface area contributed by atoms with Gasteiger partial charge in [-0.3, -0.25) is 10.00 Å². The standard InChI is InChI=1S/C13H19N5O2/c1-9-7-10(2)18(16-9)6-4-5-14-13(19)15-12-8-11(3)20-17-12/h7-8H,4-6H2,1-3H3,(H2,14,15,17,19). The average molecular weight is 277 g/mol. The predicted octanol–water partition coefficient (Wildman–Crippen LogP) is 2.01. The molecule has 0 aliphatic rings. The van der Waals surface area contributed by atoms with E-state index in [0.717, 1.165) is 24.4 Å². The molecule has 0 radical (unpaired) electrons. The zero-order valence-electron chi connectivity index (χ0n) is 11.9. The van der Waals surface area contributed by atoms with Crippen LogP contribution in [0.1, 0.15) is 23.6 Å². The summed E-state index contributed by atoms with van der Waals surface area (Å²) in [5.74, 6) is 1.07. The average Bonchev–Trinajstić information content (AvgIpc) is 2.91. The van der Waals surface area contributed by atoms with E-state index in [-0.39, 0.29) is 6.03 Å². The van der Waals surface area contributed by atoms with Gasteiger partial charge in [0.1, 0.15) is 5.76 Å². The highest BCUT2D eigenvalue weighted by Crippen LogP contribution is 2.06. The van der Waals surface area contributed by atoms with Crippen LogP contribution >= 0.6 is 0 Å². The van der Waals surface area contributed by atoms with Gasteiger partial charge >= 0.3 is 6.03 Å². The van der Waals surface area contributed by atoms with Crippen molar-refractivity contribution in [2.45, 2.75) is 33.7 Å². The van der Waals surface area contributed by atoms with E-state index in [1.807, 2.05) is 24.6 Å². The molecule has 0 saturated carbocycles. The minimum Gasteiger partial charge on any atom is -0.360 e. The predicted molar refractivity (Wildman–Crippen MR) is 74.6 cm³/mol. The van der Waals surface area contributed by atoms with Crippen molar-refractivity contribution >= 4 is 11.8 Å². The fourth-order valence-electron chi connectivity index (χ4n) is 1.92. The van der Waals surface area contributed by atoms with Gasteiger partial charge in [0.15, 0.2) is 5.82 Å². The van der Waals surface area contributed by atoms with E-state index in [2.05, 4.69) is 20.9 Å². The fourth-order valence-corrected chi connectivity index (χ4v) is 1.92. The number of nitrogens with zero attached hydrogens (tertiary/aromatic N) is 3. The van der Waals surface area contributed by atoms with Crippen molar-refractivity contribution in [1.82, 2.24) is 20.3 Å². The van der Waals surface area contributed by atoms with Crippen LogP contribution in [0.2, 0.25) is 0 Å². The van der Waals surface area contributed by atoms with Crippen LogP contribution in [0, 0.1) is 20.8 Å². The highest BCUT2D eigenvalue weighted by atomic mass is 16.5. The van der Waals surface area contributed by atoms with Crippen molar-refractivity contribution in [2.24, 2.45) is 0 Å². The van der Waals surface area contributed by atoms with Crippen molar-refractivity contribution in [3.8, 4) is 0 Å². The Morgan fingerprint density at radius 2 is 2.15 bits per heavy atom. The molecule has 0 aromatic carbocycles. The molecule has 7 nitrogen and oxygen atoms in total. The molecule has 0 aliphatic carbocycles. The Morgan fingerprint density at radius 1 is 1.35 bits per heavy atom. The first-order valence-corrected chi connectivity index (χ1v) is 6.54. The van der Waals surface area contributed by atoms with Gasteiger partial charge in [0.05, 0.1) is 5.69 Å². The van der Waals surface area contributed by atoms with Gasteiger partial charge in [-0.05, 0) is 33.3 Å². The van der Waals surface area contributed by atoms with E-state index < -0.39 is 0 Å². The Hall–Kier alpha value is -2.31. The number of hydrogen-bond acceptors (Lipinski definition) is 4. The molecule has 0 atom stereocenters. The molecule has 2 heterocycles. The van der Waals surface area contributed by atoms with Crippen LogP contribution in [0.25, 0.3) is 0 Å². The van der Waals surface area contributed by atoms with Gasteiger partial charge in [-0.15, -0.1) is 0 Å². The molecule has 2 amide bonds. The van der Waals surface area contributed by atoms with E-state index in [0.29, 0.717) is 18.1 Å². The summed E-state index contributed by atoms with van der Waals surface area (Å²) in [6.45, 7) is 7.11. The minimum absolute atomic E-state index is 0.285. The van der Waals surface area contributed by atoms with Gasteiger partial charge in [-0.25, -0.2) is 4.79 Å².